The molecule has 0 saturated carbocycles. The first-order valence-electron chi connectivity index (χ1n) is 9.59. The molecule has 0 aliphatic heterocycles. The molecule has 162 valence electrons. The minimum absolute atomic E-state index is 0.0892. The molecular weight excluding hydrogens is 451 g/mol. The van der Waals surface area contributed by atoms with Crippen LogP contribution in [0.5, 0.6) is 0 Å². The van der Waals surface area contributed by atoms with Gasteiger partial charge in [0.1, 0.15) is 0 Å². The fourth-order valence-corrected chi connectivity index (χ4v) is 3.29. The number of benzene rings is 3. The summed E-state index contributed by atoms with van der Waals surface area (Å²) >= 11 is 11.9. The minimum Gasteiger partial charge on any atom is -0.348 e. The van der Waals surface area contributed by atoms with Gasteiger partial charge in [-0.25, -0.2) is 0 Å². The quantitative estimate of drug-likeness (QED) is 0.193. The highest BCUT2D eigenvalue weighted by Gasteiger charge is 2.19. The van der Waals surface area contributed by atoms with Crippen molar-refractivity contribution in [3.63, 3.8) is 0 Å². The monoisotopic (exact) mass is 468 g/mol. The number of nitrogens with zero attached hydrogens (tertiary/aromatic N) is 1. The van der Waals surface area contributed by atoms with Crippen LogP contribution in [-0.4, -0.2) is 16.6 Å². The lowest BCUT2D eigenvalue weighted by Crippen LogP contribution is -2.25. The molecule has 0 saturated heterocycles. The molecular formula is C24H18Cl2N2O4. The van der Waals surface area contributed by atoms with Crippen molar-refractivity contribution in [2.75, 3.05) is 0 Å². The average Bonchev–Trinajstić information content (AvgIpc) is 2.79. The molecule has 3 aromatic rings. The number of hydrogen-bond acceptors (Lipinski definition) is 4. The number of nitro benzene ring substituents is 1. The molecule has 8 heteroatoms. The number of carbonyl (C=O) groups is 2. The summed E-state index contributed by atoms with van der Waals surface area (Å²) in [6.45, 7) is 0.245. The van der Waals surface area contributed by atoms with Gasteiger partial charge in [-0.3, -0.25) is 19.7 Å². The van der Waals surface area contributed by atoms with E-state index in [-0.39, 0.29) is 46.2 Å². The molecule has 0 aliphatic carbocycles. The SMILES string of the molecule is O=C(NCc1ccccc1)/C(=C/c1ccccc1[N+](=O)[O-])CC(=O)c1ccc(Cl)c(Cl)c1. The van der Waals surface area contributed by atoms with E-state index in [0.29, 0.717) is 5.02 Å². The van der Waals surface area contributed by atoms with E-state index >= 15 is 0 Å². The van der Waals surface area contributed by atoms with Crippen molar-refractivity contribution in [3.8, 4) is 0 Å². The molecule has 0 radical (unpaired) electrons. The number of halogens is 2. The Bertz CT molecular complexity index is 1190. The van der Waals surface area contributed by atoms with Crippen molar-refractivity contribution < 1.29 is 14.5 Å². The van der Waals surface area contributed by atoms with E-state index in [9.17, 15) is 19.7 Å². The second-order valence-electron chi connectivity index (χ2n) is 6.88. The lowest BCUT2D eigenvalue weighted by atomic mass is 9.99. The van der Waals surface area contributed by atoms with E-state index in [1.165, 1.54) is 42.5 Å². The average molecular weight is 469 g/mol. The number of para-hydroxylation sites is 1. The Morgan fingerprint density at radius 3 is 2.31 bits per heavy atom. The molecule has 0 aromatic heterocycles. The summed E-state index contributed by atoms with van der Waals surface area (Å²) in [6.07, 6.45) is 1.10. The van der Waals surface area contributed by atoms with Gasteiger partial charge in [0.05, 0.1) is 20.5 Å². The Labute approximate surface area is 194 Å². The van der Waals surface area contributed by atoms with Crippen LogP contribution >= 0.6 is 23.2 Å². The van der Waals surface area contributed by atoms with Gasteiger partial charge >= 0.3 is 0 Å². The summed E-state index contributed by atoms with van der Waals surface area (Å²) in [5.74, 6) is -0.872. The summed E-state index contributed by atoms with van der Waals surface area (Å²) in [5, 5.41) is 14.7. The van der Waals surface area contributed by atoms with E-state index in [2.05, 4.69) is 5.32 Å². The van der Waals surface area contributed by atoms with Gasteiger partial charge in [-0.05, 0) is 35.9 Å². The molecule has 0 fully saturated rings. The highest BCUT2D eigenvalue weighted by Crippen LogP contribution is 2.25. The number of nitrogens with one attached hydrogen (secondary N) is 1. The summed E-state index contributed by atoms with van der Waals surface area (Å²) in [7, 11) is 0. The van der Waals surface area contributed by atoms with Crippen LogP contribution < -0.4 is 5.32 Å². The van der Waals surface area contributed by atoms with Crippen LogP contribution in [0.4, 0.5) is 5.69 Å². The minimum atomic E-state index is -0.536. The maximum absolute atomic E-state index is 12.9. The molecule has 6 nitrogen and oxygen atoms in total. The first-order valence-corrected chi connectivity index (χ1v) is 10.3. The summed E-state index contributed by atoms with van der Waals surface area (Å²) in [4.78, 5) is 36.6. The van der Waals surface area contributed by atoms with Crippen molar-refractivity contribution in [1.29, 1.82) is 0 Å². The van der Waals surface area contributed by atoms with E-state index < -0.39 is 10.8 Å². The zero-order chi connectivity index (χ0) is 23.1. The fraction of sp³-hybridized carbons (Fsp3) is 0.0833. The third-order valence-electron chi connectivity index (χ3n) is 4.64. The fourth-order valence-electron chi connectivity index (χ4n) is 3.00. The van der Waals surface area contributed by atoms with Crippen LogP contribution in [0.3, 0.4) is 0 Å². The van der Waals surface area contributed by atoms with Crippen molar-refractivity contribution in [3.05, 3.63) is 115 Å². The molecule has 0 aliphatic rings. The largest absolute Gasteiger partial charge is 0.348 e. The normalized spacial score (nSPS) is 11.1. The molecule has 0 heterocycles. The van der Waals surface area contributed by atoms with E-state index in [1.807, 2.05) is 30.3 Å². The molecule has 3 aromatic carbocycles. The van der Waals surface area contributed by atoms with Crippen molar-refractivity contribution in [2.45, 2.75) is 13.0 Å². The number of rotatable bonds is 8. The van der Waals surface area contributed by atoms with Crippen molar-refractivity contribution in [1.82, 2.24) is 5.32 Å². The molecule has 1 N–H and O–H groups in total. The molecule has 0 bridgehead atoms. The number of amides is 1. The number of carbonyl (C=O) groups excluding carboxylic acids is 2. The van der Waals surface area contributed by atoms with Gasteiger partial charge in [0.25, 0.3) is 5.69 Å². The van der Waals surface area contributed by atoms with Crippen LogP contribution in [0.1, 0.15) is 27.9 Å². The van der Waals surface area contributed by atoms with Crippen molar-refractivity contribution >= 4 is 46.7 Å². The second kappa shape index (κ2) is 10.7. The predicted molar refractivity (Wildman–Crippen MR) is 125 cm³/mol. The van der Waals surface area contributed by atoms with E-state index in [1.54, 1.807) is 6.07 Å². The number of Topliss-reactive ketones (excluding diaryl/α,β-unsaturated/α-hetero) is 1. The van der Waals surface area contributed by atoms with E-state index in [4.69, 9.17) is 23.2 Å². The van der Waals surface area contributed by atoms with Crippen LogP contribution in [0.15, 0.2) is 78.4 Å². The molecule has 32 heavy (non-hydrogen) atoms. The Hall–Kier alpha value is -3.48. The van der Waals surface area contributed by atoms with Gasteiger partial charge in [0.2, 0.25) is 5.91 Å². The highest BCUT2D eigenvalue weighted by molar-refractivity contribution is 6.42. The standard InChI is InChI=1S/C24H18Cl2N2O4/c25-20-11-10-18(13-21(20)26)23(29)14-19(12-17-8-4-5-9-22(17)28(31)32)24(30)27-15-16-6-2-1-3-7-16/h1-13H,14-15H2,(H,27,30)/b19-12+. The molecule has 0 unspecified atom stereocenters. The first-order chi connectivity index (χ1) is 15.3. The van der Waals surface area contributed by atoms with Crippen LogP contribution in [0, 0.1) is 10.1 Å². The summed E-state index contributed by atoms with van der Waals surface area (Å²) in [5.41, 5.74) is 1.31. The topological polar surface area (TPSA) is 89.3 Å². The Kier molecular flexibility index (Phi) is 7.76. The van der Waals surface area contributed by atoms with E-state index in [0.717, 1.165) is 5.56 Å². The number of ketones is 1. The van der Waals surface area contributed by atoms with Gasteiger partial charge in [0.15, 0.2) is 5.78 Å². The van der Waals surface area contributed by atoms with Crippen LogP contribution in [0.2, 0.25) is 10.0 Å². The Morgan fingerprint density at radius 2 is 1.62 bits per heavy atom. The predicted octanol–water partition coefficient (Wildman–Crippen LogP) is 5.87. The lowest BCUT2D eigenvalue weighted by molar-refractivity contribution is -0.385. The van der Waals surface area contributed by atoms with Crippen molar-refractivity contribution in [2.24, 2.45) is 0 Å². The molecule has 0 spiro atoms. The summed E-state index contributed by atoms with van der Waals surface area (Å²) in [6, 6.07) is 19.7. The summed E-state index contributed by atoms with van der Waals surface area (Å²) < 4.78 is 0. The second-order valence-corrected chi connectivity index (χ2v) is 7.70. The molecule has 0 atom stereocenters. The molecule has 3 rings (SSSR count). The van der Waals surface area contributed by atoms with Gasteiger partial charge in [-0.1, -0.05) is 65.7 Å². The van der Waals surface area contributed by atoms with Crippen LogP contribution in [0.25, 0.3) is 6.08 Å². The first kappa shape index (κ1) is 23.2. The van der Waals surface area contributed by atoms with Crippen LogP contribution in [-0.2, 0) is 11.3 Å². The number of nitro groups is 1. The Morgan fingerprint density at radius 1 is 0.938 bits per heavy atom. The zero-order valence-electron chi connectivity index (χ0n) is 16.8. The zero-order valence-corrected chi connectivity index (χ0v) is 18.3. The highest BCUT2D eigenvalue weighted by atomic mass is 35.5. The third-order valence-corrected chi connectivity index (χ3v) is 5.38. The third kappa shape index (κ3) is 6.03. The van der Waals surface area contributed by atoms with Gasteiger partial charge in [-0.15, -0.1) is 0 Å². The maximum atomic E-state index is 12.9. The van der Waals surface area contributed by atoms with Gasteiger partial charge in [0, 0.05) is 30.2 Å². The smallest absolute Gasteiger partial charge is 0.276 e. The number of hydrogen-bond donors (Lipinski definition) is 1. The lowest BCUT2D eigenvalue weighted by Gasteiger charge is -2.10. The van der Waals surface area contributed by atoms with Gasteiger partial charge in [-0.2, -0.15) is 0 Å². The Balaban J connectivity index is 1.91. The van der Waals surface area contributed by atoms with Gasteiger partial charge < -0.3 is 5.32 Å². The maximum Gasteiger partial charge on any atom is 0.276 e. The molecule has 1 amide bonds.